The van der Waals surface area contributed by atoms with E-state index in [1.165, 1.54) is 24.3 Å². The van der Waals surface area contributed by atoms with E-state index >= 15 is 0 Å². The van der Waals surface area contributed by atoms with Gasteiger partial charge >= 0.3 is 11.5 Å². The molecule has 1 aromatic carbocycles. The Kier molecular flexibility index (Phi) is 4.22. The van der Waals surface area contributed by atoms with E-state index < -0.39 is 5.51 Å². The Morgan fingerprint density at radius 1 is 1.18 bits per heavy atom. The number of fused-ring (bicyclic) bond motifs is 2. The Hall–Kier alpha value is -1.41. The molecule has 22 heavy (non-hydrogen) atoms. The summed E-state index contributed by atoms with van der Waals surface area (Å²) >= 11 is -0.164. The first-order chi connectivity index (χ1) is 10.4. The molecule has 2 heterocycles. The van der Waals surface area contributed by atoms with Gasteiger partial charge in [-0.05, 0) is 48.9 Å². The van der Waals surface area contributed by atoms with Crippen LogP contribution in [-0.4, -0.2) is 41.6 Å². The normalized spacial score (nSPS) is 24.4. The first-order valence-electron chi connectivity index (χ1n) is 7.08. The monoisotopic (exact) mass is 331 g/mol. The molecule has 2 saturated heterocycles. The maximum absolute atomic E-state index is 12.3. The fraction of sp³-hybridized carbons (Fsp3) is 0.500. The van der Waals surface area contributed by atoms with Crippen LogP contribution in [0.15, 0.2) is 29.2 Å². The summed E-state index contributed by atoms with van der Waals surface area (Å²) in [6, 6.07) is 5.95. The molecule has 3 rings (SSSR count). The lowest BCUT2D eigenvalue weighted by Gasteiger charge is -2.35. The molecule has 0 aromatic heterocycles. The number of anilines is 1. The SMILES string of the molecule is O=C(Nc1ccc(SC(F)(F)F)cc1)N1C2CCC1CNC2. The maximum Gasteiger partial charge on any atom is 0.446 e. The fourth-order valence-corrected chi connectivity index (χ4v) is 3.58. The predicted molar refractivity (Wildman–Crippen MR) is 78.9 cm³/mol. The molecule has 2 unspecified atom stereocenters. The van der Waals surface area contributed by atoms with E-state index in [9.17, 15) is 18.0 Å². The molecule has 1 aromatic rings. The molecule has 0 saturated carbocycles. The van der Waals surface area contributed by atoms with Gasteiger partial charge in [0.05, 0.1) is 0 Å². The number of rotatable bonds is 2. The number of amides is 2. The molecule has 2 N–H and O–H groups in total. The summed E-state index contributed by atoms with van der Waals surface area (Å²) in [7, 11) is 0. The van der Waals surface area contributed by atoms with Gasteiger partial charge in [-0.15, -0.1) is 0 Å². The summed E-state index contributed by atoms with van der Waals surface area (Å²) in [5.74, 6) is 0. The number of nitrogens with one attached hydrogen (secondary N) is 2. The summed E-state index contributed by atoms with van der Waals surface area (Å²) in [4.78, 5) is 14.3. The summed E-state index contributed by atoms with van der Waals surface area (Å²) in [5.41, 5.74) is -3.79. The molecule has 2 aliphatic rings. The highest BCUT2D eigenvalue weighted by molar-refractivity contribution is 8.00. The number of nitrogens with zero attached hydrogens (tertiary/aromatic N) is 1. The first kappa shape index (κ1) is 15.5. The minimum atomic E-state index is -4.30. The topological polar surface area (TPSA) is 44.4 Å². The lowest BCUT2D eigenvalue weighted by Crippen LogP contribution is -2.55. The molecule has 0 spiro atoms. The van der Waals surface area contributed by atoms with Crippen LogP contribution in [0.3, 0.4) is 0 Å². The van der Waals surface area contributed by atoms with E-state index in [1.807, 2.05) is 4.90 Å². The first-order valence-corrected chi connectivity index (χ1v) is 7.90. The zero-order valence-corrected chi connectivity index (χ0v) is 12.5. The quantitative estimate of drug-likeness (QED) is 0.818. The van der Waals surface area contributed by atoms with Gasteiger partial charge in [0.25, 0.3) is 0 Å². The number of urea groups is 1. The number of benzene rings is 1. The second-order valence-electron chi connectivity index (χ2n) is 5.45. The second-order valence-corrected chi connectivity index (χ2v) is 6.59. The Labute approximate surface area is 130 Å². The zero-order valence-electron chi connectivity index (χ0n) is 11.7. The lowest BCUT2D eigenvalue weighted by molar-refractivity contribution is -0.0328. The van der Waals surface area contributed by atoms with Gasteiger partial charge in [0.15, 0.2) is 0 Å². The number of carbonyl (C=O) groups is 1. The number of piperazine rings is 1. The van der Waals surface area contributed by atoms with Gasteiger partial charge < -0.3 is 15.5 Å². The molecule has 2 aliphatic heterocycles. The van der Waals surface area contributed by atoms with Crippen molar-refractivity contribution in [1.82, 2.24) is 10.2 Å². The third-order valence-electron chi connectivity index (χ3n) is 3.95. The van der Waals surface area contributed by atoms with Crippen molar-refractivity contribution in [1.29, 1.82) is 0 Å². The van der Waals surface area contributed by atoms with E-state index in [4.69, 9.17) is 0 Å². The Balaban J connectivity index is 1.62. The number of hydrogen-bond donors (Lipinski definition) is 2. The molecule has 120 valence electrons. The smallest absolute Gasteiger partial charge is 0.316 e. The number of halogens is 3. The molecular formula is C14H16F3N3OS. The van der Waals surface area contributed by atoms with E-state index in [1.54, 1.807) is 0 Å². The van der Waals surface area contributed by atoms with E-state index in [-0.39, 0.29) is 34.8 Å². The summed E-state index contributed by atoms with van der Waals surface area (Å²) in [6.45, 7) is 1.59. The average molecular weight is 331 g/mol. The van der Waals surface area contributed by atoms with E-state index in [2.05, 4.69) is 10.6 Å². The summed E-state index contributed by atoms with van der Waals surface area (Å²) in [6.07, 6.45) is 1.98. The number of thioether (sulfide) groups is 1. The van der Waals surface area contributed by atoms with Crippen LogP contribution in [0.1, 0.15) is 12.8 Å². The highest BCUT2D eigenvalue weighted by atomic mass is 32.2. The van der Waals surface area contributed by atoms with Gasteiger partial charge in [0.1, 0.15) is 0 Å². The van der Waals surface area contributed by atoms with Crippen LogP contribution >= 0.6 is 11.8 Å². The Morgan fingerprint density at radius 2 is 1.77 bits per heavy atom. The van der Waals surface area contributed by atoms with Crippen molar-refractivity contribution >= 4 is 23.5 Å². The van der Waals surface area contributed by atoms with Crippen LogP contribution < -0.4 is 10.6 Å². The predicted octanol–water partition coefficient (Wildman–Crippen LogP) is 3.27. The number of carbonyl (C=O) groups excluding carboxylic acids is 1. The summed E-state index contributed by atoms with van der Waals surface area (Å²) in [5, 5.41) is 6.06. The molecule has 2 bridgehead atoms. The minimum Gasteiger partial charge on any atom is -0.316 e. The van der Waals surface area contributed by atoms with Crippen molar-refractivity contribution in [2.75, 3.05) is 18.4 Å². The number of alkyl halides is 3. The fourth-order valence-electron chi connectivity index (χ4n) is 3.04. The molecule has 2 atom stereocenters. The number of hydrogen-bond acceptors (Lipinski definition) is 3. The van der Waals surface area contributed by atoms with Gasteiger partial charge in [-0.25, -0.2) is 4.79 Å². The van der Waals surface area contributed by atoms with Crippen molar-refractivity contribution in [2.45, 2.75) is 35.3 Å². The van der Waals surface area contributed by atoms with Gasteiger partial charge in [-0.2, -0.15) is 13.2 Å². The summed E-state index contributed by atoms with van der Waals surface area (Å²) < 4.78 is 36.8. The average Bonchev–Trinajstić information content (AvgIpc) is 2.69. The highest BCUT2D eigenvalue weighted by Gasteiger charge is 2.39. The van der Waals surface area contributed by atoms with Gasteiger partial charge in [-0.1, -0.05) is 0 Å². The van der Waals surface area contributed by atoms with Gasteiger partial charge in [0, 0.05) is 35.8 Å². The van der Waals surface area contributed by atoms with Crippen LogP contribution in [0, 0.1) is 0 Å². The molecule has 2 amide bonds. The van der Waals surface area contributed by atoms with Crippen molar-refractivity contribution in [3.8, 4) is 0 Å². The largest absolute Gasteiger partial charge is 0.446 e. The Morgan fingerprint density at radius 3 is 2.32 bits per heavy atom. The molecular weight excluding hydrogens is 315 g/mol. The van der Waals surface area contributed by atoms with Gasteiger partial charge in [-0.3, -0.25) is 0 Å². The molecule has 8 heteroatoms. The third-order valence-corrected chi connectivity index (χ3v) is 4.69. The minimum absolute atomic E-state index is 0.104. The lowest BCUT2D eigenvalue weighted by atomic mass is 10.2. The molecule has 0 radical (unpaired) electrons. The second kappa shape index (κ2) is 6.00. The van der Waals surface area contributed by atoms with Crippen LogP contribution in [0.25, 0.3) is 0 Å². The highest BCUT2D eigenvalue weighted by Crippen LogP contribution is 2.37. The Bertz CT molecular complexity index is 533. The van der Waals surface area contributed by atoms with Crippen molar-refractivity contribution in [2.24, 2.45) is 0 Å². The zero-order chi connectivity index (χ0) is 15.7. The van der Waals surface area contributed by atoms with E-state index in [0.29, 0.717) is 5.69 Å². The maximum atomic E-state index is 12.3. The van der Waals surface area contributed by atoms with Crippen LogP contribution in [0.4, 0.5) is 23.7 Å². The molecule has 2 fully saturated rings. The van der Waals surface area contributed by atoms with Crippen LogP contribution in [0.2, 0.25) is 0 Å². The third kappa shape index (κ3) is 3.49. The van der Waals surface area contributed by atoms with Crippen molar-refractivity contribution in [3.63, 3.8) is 0 Å². The van der Waals surface area contributed by atoms with Gasteiger partial charge in [0.2, 0.25) is 0 Å². The molecule has 4 nitrogen and oxygen atoms in total. The standard InChI is InChI=1S/C14H16F3N3OS/c15-14(16,17)22-12-5-1-9(2-6-12)19-13(21)20-10-3-4-11(20)8-18-7-10/h1-2,5-6,10-11,18H,3-4,7-8H2,(H,19,21). The van der Waals surface area contributed by atoms with Crippen molar-refractivity contribution < 1.29 is 18.0 Å². The van der Waals surface area contributed by atoms with Crippen molar-refractivity contribution in [3.05, 3.63) is 24.3 Å². The van der Waals surface area contributed by atoms with E-state index in [0.717, 1.165) is 25.9 Å². The van der Waals surface area contributed by atoms with Crippen LogP contribution in [0.5, 0.6) is 0 Å². The van der Waals surface area contributed by atoms with Crippen LogP contribution in [-0.2, 0) is 0 Å². The molecule has 0 aliphatic carbocycles.